The molecule has 0 radical (unpaired) electrons. The Hall–Kier alpha value is -1.67. The van der Waals surface area contributed by atoms with E-state index in [-0.39, 0.29) is 6.10 Å². The molecule has 0 bridgehead atoms. The smallest absolute Gasteiger partial charge is 0.224 e. The zero-order valence-corrected chi connectivity index (χ0v) is 17.8. The molecular formula is C18H31BrN6O. The molecule has 1 unspecified atom stereocenters. The summed E-state index contributed by atoms with van der Waals surface area (Å²) in [7, 11) is 0. The largest absolute Gasteiger partial charge is 0.377 e. The summed E-state index contributed by atoms with van der Waals surface area (Å²) in [5.74, 6) is 2.32. The fraction of sp³-hybridized carbons (Fsp3) is 0.611. The first-order valence-corrected chi connectivity index (χ1v) is 10.0. The number of anilines is 2. The molecular weight excluding hydrogens is 396 g/mol. The van der Waals surface area contributed by atoms with Gasteiger partial charge in [-0.15, -0.1) is 0 Å². The summed E-state index contributed by atoms with van der Waals surface area (Å²) in [5.41, 5.74) is 2.87. The third-order valence-electron chi connectivity index (χ3n) is 3.47. The summed E-state index contributed by atoms with van der Waals surface area (Å²) in [6.45, 7) is 13.3. The number of halogens is 1. The monoisotopic (exact) mass is 426 g/mol. The van der Waals surface area contributed by atoms with E-state index in [0.717, 1.165) is 10.9 Å². The second-order valence-electron chi connectivity index (χ2n) is 5.59. The molecule has 8 heteroatoms. The van der Waals surface area contributed by atoms with Gasteiger partial charge in [-0.2, -0.15) is 10.1 Å². The van der Waals surface area contributed by atoms with E-state index < -0.39 is 0 Å². The first-order chi connectivity index (χ1) is 12.6. The van der Waals surface area contributed by atoms with Gasteiger partial charge in [-0.05, 0) is 48.0 Å². The molecule has 3 N–H and O–H groups in total. The highest BCUT2D eigenvalue weighted by Gasteiger charge is 2.18. The summed E-state index contributed by atoms with van der Waals surface area (Å²) in [4.78, 5) is 8.71. The third kappa shape index (κ3) is 8.62. The Balaban J connectivity index is 0.00000163. The van der Waals surface area contributed by atoms with Crippen LogP contribution in [0.15, 0.2) is 28.2 Å². The minimum absolute atomic E-state index is 0.145. The molecule has 1 saturated carbocycles. The van der Waals surface area contributed by atoms with Crippen LogP contribution in [0.1, 0.15) is 47.0 Å². The number of hydrogen-bond acceptors (Lipinski definition) is 7. The van der Waals surface area contributed by atoms with Gasteiger partial charge in [0.15, 0.2) is 5.82 Å². The Kier molecular flexibility index (Phi) is 10.9. The lowest BCUT2D eigenvalue weighted by Crippen LogP contribution is -2.23. The van der Waals surface area contributed by atoms with Crippen LogP contribution in [0, 0.1) is 5.92 Å². The van der Waals surface area contributed by atoms with Crippen LogP contribution in [-0.4, -0.2) is 35.4 Å². The minimum atomic E-state index is 0.145. The number of aromatic nitrogens is 2. The summed E-state index contributed by atoms with van der Waals surface area (Å²) in [6.07, 6.45) is 7.12. The van der Waals surface area contributed by atoms with E-state index in [2.05, 4.69) is 60.6 Å². The Bertz CT molecular complexity index is 577. The van der Waals surface area contributed by atoms with E-state index in [1.807, 2.05) is 27.0 Å². The van der Waals surface area contributed by atoms with Gasteiger partial charge < -0.3 is 15.4 Å². The second kappa shape index (κ2) is 12.6. The van der Waals surface area contributed by atoms with Gasteiger partial charge in [0.05, 0.1) is 10.6 Å². The predicted octanol–water partition coefficient (Wildman–Crippen LogP) is 4.36. The highest BCUT2D eigenvalue weighted by atomic mass is 79.9. The molecule has 0 aromatic carbocycles. The van der Waals surface area contributed by atoms with Gasteiger partial charge in [0, 0.05) is 25.6 Å². The predicted molar refractivity (Wildman–Crippen MR) is 112 cm³/mol. The van der Waals surface area contributed by atoms with Crippen molar-refractivity contribution in [2.45, 2.75) is 53.1 Å². The van der Waals surface area contributed by atoms with Crippen molar-refractivity contribution >= 4 is 33.9 Å². The molecule has 146 valence electrons. The minimum Gasteiger partial charge on any atom is -0.377 e. The number of rotatable bonds is 11. The van der Waals surface area contributed by atoms with Gasteiger partial charge in [-0.3, -0.25) is 5.43 Å². The van der Waals surface area contributed by atoms with Gasteiger partial charge in [0.1, 0.15) is 5.82 Å². The molecule has 0 aliphatic heterocycles. The zero-order valence-electron chi connectivity index (χ0n) is 16.2. The van der Waals surface area contributed by atoms with Gasteiger partial charge >= 0.3 is 0 Å². The number of ether oxygens (including phenoxy) is 1. The average Bonchev–Trinajstić information content (AvgIpc) is 3.47. The lowest BCUT2D eigenvalue weighted by molar-refractivity contribution is 0.0694. The molecule has 0 spiro atoms. The van der Waals surface area contributed by atoms with Crippen LogP contribution in [0.25, 0.3) is 0 Å². The highest BCUT2D eigenvalue weighted by molar-refractivity contribution is 9.10. The number of nitrogens with zero attached hydrogens (tertiary/aromatic N) is 3. The average molecular weight is 427 g/mol. The second-order valence-corrected chi connectivity index (χ2v) is 6.44. The summed E-state index contributed by atoms with van der Waals surface area (Å²) in [6, 6.07) is 0. The molecule has 1 aromatic heterocycles. The highest BCUT2D eigenvalue weighted by Crippen LogP contribution is 2.26. The molecule has 0 amide bonds. The van der Waals surface area contributed by atoms with E-state index >= 15 is 0 Å². The number of nitrogens with one attached hydrogen (secondary N) is 3. The molecule has 1 aromatic rings. The standard InChI is InChI=1S/C16H25BrN6O.C2H6/c1-4-13(24-5-2)9-18-16-19-10-14(17)15(22-16)21-11(3)23-20-8-12-6-7-12;1-2/h8,10,12-13,23H,3-7,9H2,1-2H3,(H2,18,19,21,22);1-2H3/b20-8+;. The van der Waals surface area contributed by atoms with Gasteiger partial charge in [-0.1, -0.05) is 27.4 Å². The summed E-state index contributed by atoms with van der Waals surface area (Å²) >= 11 is 3.43. The zero-order chi connectivity index (χ0) is 19.4. The van der Waals surface area contributed by atoms with Crippen molar-refractivity contribution < 1.29 is 4.74 Å². The Morgan fingerprint density at radius 2 is 2.19 bits per heavy atom. The summed E-state index contributed by atoms with van der Waals surface area (Å²) in [5, 5.41) is 10.4. The maximum absolute atomic E-state index is 5.62. The molecule has 2 rings (SSSR count). The van der Waals surface area contributed by atoms with E-state index in [0.29, 0.717) is 36.7 Å². The Morgan fingerprint density at radius 1 is 1.46 bits per heavy atom. The number of hydrogen-bond donors (Lipinski definition) is 3. The molecule has 1 aliphatic rings. The maximum Gasteiger partial charge on any atom is 0.224 e. The topological polar surface area (TPSA) is 83.5 Å². The quantitative estimate of drug-likeness (QED) is 0.360. The molecule has 1 atom stereocenters. The molecule has 7 nitrogen and oxygen atoms in total. The van der Waals surface area contributed by atoms with Gasteiger partial charge in [-0.25, -0.2) is 4.98 Å². The Morgan fingerprint density at radius 3 is 2.81 bits per heavy atom. The van der Waals surface area contributed by atoms with Crippen LogP contribution in [0.3, 0.4) is 0 Å². The Labute approximate surface area is 165 Å². The SMILES string of the molecule is C=C(N/N=C/C1CC1)Nc1nc(NCC(CC)OCC)ncc1Br.CC. The fourth-order valence-corrected chi connectivity index (χ4v) is 2.23. The van der Waals surface area contributed by atoms with Crippen molar-refractivity contribution in [2.75, 3.05) is 23.8 Å². The maximum atomic E-state index is 5.62. The van der Waals surface area contributed by atoms with E-state index in [9.17, 15) is 0 Å². The lowest BCUT2D eigenvalue weighted by atomic mass is 10.3. The van der Waals surface area contributed by atoms with Crippen molar-refractivity contribution in [3.8, 4) is 0 Å². The van der Waals surface area contributed by atoms with Crippen molar-refractivity contribution in [1.82, 2.24) is 15.4 Å². The van der Waals surface area contributed by atoms with E-state index in [1.54, 1.807) is 6.20 Å². The lowest BCUT2D eigenvalue weighted by Gasteiger charge is -2.16. The first-order valence-electron chi connectivity index (χ1n) is 9.25. The van der Waals surface area contributed by atoms with Crippen LogP contribution in [0.2, 0.25) is 0 Å². The summed E-state index contributed by atoms with van der Waals surface area (Å²) < 4.78 is 6.37. The van der Waals surface area contributed by atoms with Gasteiger partial charge in [0.25, 0.3) is 0 Å². The molecule has 0 saturated heterocycles. The van der Waals surface area contributed by atoms with Crippen molar-refractivity contribution in [3.05, 3.63) is 23.1 Å². The molecule has 1 aliphatic carbocycles. The van der Waals surface area contributed by atoms with Gasteiger partial charge in [0.2, 0.25) is 5.95 Å². The van der Waals surface area contributed by atoms with E-state index in [4.69, 9.17) is 4.74 Å². The first kappa shape index (κ1) is 22.4. The molecule has 1 fully saturated rings. The normalized spacial score (nSPS) is 14.3. The fourth-order valence-electron chi connectivity index (χ4n) is 1.94. The van der Waals surface area contributed by atoms with Crippen molar-refractivity contribution in [3.63, 3.8) is 0 Å². The number of hydrazone groups is 1. The molecule has 26 heavy (non-hydrogen) atoms. The van der Waals surface area contributed by atoms with Crippen LogP contribution < -0.4 is 16.1 Å². The van der Waals surface area contributed by atoms with Crippen LogP contribution >= 0.6 is 15.9 Å². The third-order valence-corrected chi connectivity index (χ3v) is 4.05. The van der Waals surface area contributed by atoms with Crippen molar-refractivity contribution in [1.29, 1.82) is 0 Å². The van der Waals surface area contributed by atoms with Crippen LogP contribution in [0.4, 0.5) is 11.8 Å². The van der Waals surface area contributed by atoms with Crippen molar-refractivity contribution in [2.24, 2.45) is 11.0 Å². The molecule has 1 heterocycles. The van der Waals surface area contributed by atoms with Crippen LogP contribution in [-0.2, 0) is 4.74 Å². The van der Waals surface area contributed by atoms with E-state index in [1.165, 1.54) is 12.8 Å². The van der Waals surface area contributed by atoms with Crippen LogP contribution in [0.5, 0.6) is 0 Å².